The molecule has 0 aliphatic rings. The molecule has 4 N–H and O–H groups in total. The average Bonchev–Trinajstić information content (AvgIpc) is 3.10. The van der Waals surface area contributed by atoms with Crippen molar-refractivity contribution in [2.24, 2.45) is 0 Å². The molecule has 0 atom stereocenters. The number of rotatable bonds is 31. The molecule has 0 radical (unpaired) electrons. The highest BCUT2D eigenvalue weighted by molar-refractivity contribution is 6.67. The lowest BCUT2D eigenvalue weighted by Gasteiger charge is -2.25. The van der Waals surface area contributed by atoms with Crippen molar-refractivity contribution in [1.82, 2.24) is 16.0 Å². The highest BCUT2D eigenvalue weighted by Crippen LogP contribution is 2.16. The lowest BCUT2D eigenvalue weighted by molar-refractivity contribution is 0.122. The van der Waals surface area contributed by atoms with Gasteiger partial charge in [0.15, 0.2) is 0 Å². The van der Waals surface area contributed by atoms with E-state index in [1.807, 2.05) is 0 Å². The van der Waals surface area contributed by atoms with Crippen molar-refractivity contribution >= 4 is 35.0 Å². The van der Waals surface area contributed by atoms with Gasteiger partial charge in [-0.3, -0.25) is 0 Å². The second-order valence-electron chi connectivity index (χ2n) is 10.0. The smallest absolute Gasteiger partial charge is 0.396 e. The summed E-state index contributed by atoms with van der Waals surface area (Å²) in [6.07, 6.45) is 3.76. The third-order valence-corrected chi connectivity index (χ3v) is 19.3. The Labute approximate surface area is 277 Å². The molecule has 0 amide bonds. The fraction of sp³-hybridized carbons (Fsp3) is 1.00. The van der Waals surface area contributed by atoms with Crippen molar-refractivity contribution in [1.29, 1.82) is 0 Å². The second kappa shape index (κ2) is 29.2. The molecule has 0 heterocycles. The SMILES string of the molecule is CO[Si](CCCNCCNCCC[Si](OC)(OC)OC)(OC)OC.CO[Si](CO)(CCCNCCC[Si](OC)(OC)OC)OC. The van der Waals surface area contributed by atoms with Crippen LogP contribution in [0, 0.1) is 0 Å². The Morgan fingerprint density at radius 3 is 0.822 bits per heavy atom. The molecule has 0 aromatic carbocycles. The van der Waals surface area contributed by atoms with Crippen molar-refractivity contribution in [3.8, 4) is 0 Å². The fourth-order valence-electron chi connectivity index (χ4n) is 4.49. The molecule has 19 heteroatoms. The summed E-state index contributed by atoms with van der Waals surface area (Å²) < 4.78 is 59.1. The van der Waals surface area contributed by atoms with Crippen LogP contribution >= 0.6 is 0 Å². The topological polar surface area (TPSA) is 158 Å². The van der Waals surface area contributed by atoms with Crippen LogP contribution < -0.4 is 16.0 Å². The fourth-order valence-corrected chi connectivity index (χ4v) is 11.4. The number of nitrogens with one attached hydrogen (secondary N) is 3. The van der Waals surface area contributed by atoms with E-state index in [-0.39, 0.29) is 6.23 Å². The van der Waals surface area contributed by atoms with Crippen LogP contribution in [-0.4, -0.2) is 164 Å². The van der Waals surface area contributed by atoms with Crippen molar-refractivity contribution in [2.45, 2.75) is 49.9 Å². The monoisotopic (exact) mass is 725 g/mol. The zero-order chi connectivity index (χ0) is 34.5. The van der Waals surface area contributed by atoms with E-state index >= 15 is 0 Å². The first-order valence-electron chi connectivity index (χ1n) is 15.4. The number of aliphatic hydroxyl groups excluding tert-OH is 1. The van der Waals surface area contributed by atoms with Crippen LogP contribution in [0.15, 0.2) is 0 Å². The Morgan fingerprint density at radius 1 is 0.356 bits per heavy atom. The first kappa shape index (κ1) is 47.4. The highest BCUT2D eigenvalue weighted by atomic mass is 28.4. The lowest BCUT2D eigenvalue weighted by atomic mass is 10.4. The maximum absolute atomic E-state index is 9.34. The van der Waals surface area contributed by atoms with E-state index in [0.29, 0.717) is 0 Å². The Balaban J connectivity index is 0. The third kappa shape index (κ3) is 19.8. The minimum atomic E-state index is -2.44. The van der Waals surface area contributed by atoms with Gasteiger partial charge in [0.2, 0.25) is 0 Å². The first-order valence-corrected chi connectivity index (χ1v) is 23.5. The van der Waals surface area contributed by atoms with Crippen molar-refractivity contribution in [3.05, 3.63) is 0 Å². The van der Waals surface area contributed by atoms with E-state index < -0.39 is 35.0 Å². The predicted molar refractivity (Wildman–Crippen MR) is 184 cm³/mol. The summed E-state index contributed by atoms with van der Waals surface area (Å²) in [5.41, 5.74) is 0. The normalized spacial score (nSPS) is 12.8. The standard InChI is InChI=1S/C14H36N2O6Si2.C12H31NO6Si2/c1-17-23(18-2,19-3)13-7-9-15-11-12-16-10-8-14-24(20-4,21-5)22-6;1-15-20(12-14,16-2)10-6-8-13-9-7-11-21(17-3,18-4)19-5/h15-16H,7-14H2,1-6H3;13-14H,6-12H2,1-5H3. The van der Waals surface area contributed by atoms with Crippen LogP contribution in [0.2, 0.25) is 24.2 Å². The summed E-state index contributed by atoms with van der Waals surface area (Å²) in [5.74, 6) is 0. The van der Waals surface area contributed by atoms with Gasteiger partial charge in [0.05, 0.1) is 6.23 Å². The van der Waals surface area contributed by atoms with E-state index in [0.717, 1.165) is 89.1 Å². The molecule has 0 bridgehead atoms. The maximum Gasteiger partial charge on any atom is 0.500 e. The van der Waals surface area contributed by atoms with E-state index in [1.165, 1.54) is 0 Å². The molecule has 0 aromatic rings. The van der Waals surface area contributed by atoms with Crippen LogP contribution in [0.5, 0.6) is 0 Å². The van der Waals surface area contributed by atoms with E-state index in [4.69, 9.17) is 48.7 Å². The second-order valence-corrected chi connectivity index (χ2v) is 22.8. The summed E-state index contributed by atoms with van der Waals surface area (Å²) in [6, 6.07) is 3.19. The van der Waals surface area contributed by atoms with Crippen molar-refractivity contribution in [3.63, 3.8) is 0 Å². The zero-order valence-electron chi connectivity index (χ0n) is 30.0. The van der Waals surface area contributed by atoms with Gasteiger partial charge in [0.1, 0.15) is 0 Å². The van der Waals surface area contributed by atoms with Gasteiger partial charge >= 0.3 is 35.0 Å². The number of hydrogen-bond donors (Lipinski definition) is 4. The molecule has 0 fully saturated rings. The average molecular weight is 726 g/mol. The summed E-state index contributed by atoms with van der Waals surface area (Å²) in [4.78, 5) is 0. The molecule has 0 saturated carbocycles. The van der Waals surface area contributed by atoms with Gasteiger partial charge in [-0.2, -0.15) is 0 Å². The van der Waals surface area contributed by atoms with Crippen LogP contribution in [0.4, 0.5) is 0 Å². The maximum atomic E-state index is 9.34. The largest absolute Gasteiger partial charge is 0.500 e. The van der Waals surface area contributed by atoms with Gasteiger partial charge in [0.25, 0.3) is 0 Å². The molecule has 0 saturated heterocycles. The lowest BCUT2D eigenvalue weighted by Crippen LogP contribution is -2.45. The van der Waals surface area contributed by atoms with Crippen LogP contribution in [0.25, 0.3) is 0 Å². The minimum Gasteiger partial charge on any atom is -0.396 e. The number of aliphatic hydroxyl groups is 1. The molecule has 0 aliphatic carbocycles. The third-order valence-electron chi connectivity index (χ3n) is 7.68. The van der Waals surface area contributed by atoms with E-state index in [2.05, 4.69) is 16.0 Å². The molecule has 15 nitrogen and oxygen atoms in total. The van der Waals surface area contributed by atoms with Gasteiger partial charge in [-0.05, 0) is 57.9 Å². The Kier molecular flexibility index (Phi) is 30.8. The number of hydrogen-bond acceptors (Lipinski definition) is 15. The predicted octanol–water partition coefficient (Wildman–Crippen LogP) is 1.20. The van der Waals surface area contributed by atoms with Crippen molar-refractivity contribution in [2.75, 3.05) is 124 Å². The van der Waals surface area contributed by atoms with Gasteiger partial charge in [0, 0.05) is 109 Å². The molecule has 0 spiro atoms. The molecule has 0 rings (SSSR count). The Bertz CT molecular complexity index is 567. The van der Waals surface area contributed by atoms with Gasteiger partial charge in [-0.1, -0.05) is 0 Å². The van der Waals surface area contributed by atoms with Crippen molar-refractivity contribution < 1.29 is 53.8 Å². The first-order chi connectivity index (χ1) is 21.6. The van der Waals surface area contributed by atoms with Gasteiger partial charge in [-0.15, -0.1) is 0 Å². The van der Waals surface area contributed by atoms with E-state index in [1.54, 1.807) is 78.2 Å². The molecule has 0 unspecified atom stereocenters. The zero-order valence-corrected chi connectivity index (χ0v) is 34.0. The quantitative estimate of drug-likeness (QED) is 0.0597. The minimum absolute atomic E-state index is 0.0103. The molecule has 274 valence electrons. The van der Waals surface area contributed by atoms with E-state index in [9.17, 15) is 5.11 Å². The highest BCUT2D eigenvalue weighted by Gasteiger charge is 2.38. The van der Waals surface area contributed by atoms with Gasteiger partial charge < -0.3 is 69.7 Å². The molecule has 0 aromatic heterocycles. The Hall–Kier alpha value is 0.268. The van der Waals surface area contributed by atoms with Crippen LogP contribution in [0.1, 0.15) is 25.7 Å². The Morgan fingerprint density at radius 2 is 0.600 bits per heavy atom. The molecular formula is C26H67N3O12Si4. The summed E-state index contributed by atoms with van der Waals surface area (Å²) in [5, 5.41) is 19.5. The summed E-state index contributed by atoms with van der Waals surface area (Å²) >= 11 is 0. The van der Waals surface area contributed by atoms with Crippen LogP contribution in [-0.2, 0) is 48.7 Å². The molecule has 45 heavy (non-hydrogen) atoms. The summed E-state index contributed by atoms with van der Waals surface area (Å²) in [6.45, 7) is 5.41. The van der Waals surface area contributed by atoms with Gasteiger partial charge in [-0.25, -0.2) is 0 Å². The molecular weight excluding hydrogens is 659 g/mol. The summed E-state index contributed by atoms with van der Waals surface area (Å²) in [7, 11) is 8.29. The molecule has 0 aliphatic heterocycles. The van der Waals surface area contributed by atoms with Crippen LogP contribution in [0.3, 0.4) is 0 Å².